The molecule has 0 amide bonds. The number of benzene rings is 1. The van der Waals surface area contributed by atoms with Crippen molar-refractivity contribution in [3.05, 3.63) is 32.8 Å². The second-order valence-electron chi connectivity index (χ2n) is 6.29. The molecule has 0 aliphatic heterocycles. The zero-order valence-electron chi connectivity index (χ0n) is 13.6. The van der Waals surface area contributed by atoms with Crippen molar-refractivity contribution in [3.63, 3.8) is 0 Å². The number of esters is 1. The summed E-state index contributed by atoms with van der Waals surface area (Å²) in [7, 11) is 0. The van der Waals surface area contributed by atoms with Crippen molar-refractivity contribution in [2.75, 3.05) is 6.61 Å². The number of aryl methyl sites for hydroxylation is 1. The Morgan fingerprint density at radius 1 is 1.30 bits per heavy atom. The Hall–Kier alpha value is -0.870. The number of carbonyl (C=O) groups excluding carboxylic acids is 2. The summed E-state index contributed by atoms with van der Waals surface area (Å²) in [6.45, 7) is 4.12. The Kier molecular flexibility index (Phi) is 6.26. The molecule has 126 valence electrons. The number of ether oxygens (including phenoxy) is 1. The van der Waals surface area contributed by atoms with E-state index in [0.717, 1.165) is 41.3 Å². The smallest absolute Gasteiger partial charge is 0.312 e. The summed E-state index contributed by atoms with van der Waals surface area (Å²) in [5.41, 5.74) is 1.33. The fourth-order valence-electron chi connectivity index (χ4n) is 3.32. The van der Waals surface area contributed by atoms with Crippen molar-refractivity contribution in [2.24, 2.45) is 5.41 Å². The predicted octanol–water partition coefficient (Wildman–Crippen LogP) is 5.04. The van der Waals surface area contributed by atoms with Gasteiger partial charge in [0.1, 0.15) is 5.78 Å². The Balaban J connectivity index is 2.11. The monoisotopic (exact) mass is 400 g/mol. The molecule has 3 nitrogen and oxygen atoms in total. The van der Waals surface area contributed by atoms with E-state index in [4.69, 9.17) is 16.3 Å². The summed E-state index contributed by atoms with van der Waals surface area (Å²) >= 11 is 9.51. The summed E-state index contributed by atoms with van der Waals surface area (Å²) in [6.07, 6.45) is 4.03. The maximum Gasteiger partial charge on any atom is 0.312 e. The number of ketones is 1. The molecule has 0 bridgehead atoms. The lowest BCUT2D eigenvalue weighted by Gasteiger charge is -2.25. The lowest BCUT2D eigenvalue weighted by atomic mass is 9.80. The molecule has 1 saturated carbocycles. The van der Waals surface area contributed by atoms with E-state index in [1.807, 2.05) is 19.1 Å². The zero-order chi connectivity index (χ0) is 17.0. The van der Waals surface area contributed by atoms with Crippen molar-refractivity contribution in [1.82, 2.24) is 0 Å². The maximum absolute atomic E-state index is 12.6. The summed E-state index contributed by atoms with van der Waals surface area (Å²) in [5, 5.41) is 0.597. The summed E-state index contributed by atoms with van der Waals surface area (Å²) in [4.78, 5) is 24.9. The fourth-order valence-corrected chi connectivity index (χ4v) is 3.96. The first-order valence-corrected chi connectivity index (χ1v) is 9.18. The Morgan fingerprint density at radius 2 is 1.96 bits per heavy atom. The molecular weight excluding hydrogens is 380 g/mol. The van der Waals surface area contributed by atoms with E-state index in [1.165, 1.54) is 0 Å². The van der Waals surface area contributed by atoms with Crippen LogP contribution >= 0.6 is 27.5 Å². The van der Waals surface area contributed by atoms with Gasteiger partial charge < -0.3 is 4.74 Å². The summed E-state index contributed by atoms with van der Waals surface area (Å²) in [5.74, 6) is -0.141. The molecule has 0 atom stereocenters. The average Bonchev–Trinajstić information content (AvgIpc) is 2.94. The number of hydrogen-bond acceptors (Lipinski definition) is 3. The summed E-state index contributed by atoms with van der Waals surface area (Å²) in [6, 6.07) is 3.74. The number of hydrogen-bond donors (Lipinski definition) is 0. The Bertz CT molecular complexity index is 607. The highest BCUT2D eigenvalue weighted by Crippen LogP contribution is 2.42. The van der Waals surface area contributed by atoms with Crippen LogP contribution in [0.2, 0.25) is 5.02 Å². The van der Waals surface area contributed by atoms with Crippen LogP contribution in [0.4, 0.5) is 0 Å². The van der Waals surface area contributed by atoms with Gasteiger partial charge >= 0.3 is 5.97 Å². The van der Waals surface area contributed by atoms with E-state index >= 15 is 0 Å². The molecule has 1 aliphatic carbocycles. The molecule has 0 saturated heterocycles. The molecular formula is C18H22BrClO3. The molecule has 1 fully saturated rings. The number of halogens is 2. The van der Waals surface area contributed by atoms with Crippen molar-refractivity contribution >= 4 is 39.3 Å². The van der Waals surface area contributed by atoms with Gasteiger partial charge in [0.05, 0.1) is 17.0 Å². The van der Waals surface area contributed by atoms with Crippen LogP contribution in [-0.4, -0.2) is 18.4 Å². The van der Waals surface area contributed by atoms with Gasteiger partial charge in [0.2, 0.25) is 0 Å². The standard InChI is InChI=1S/C18H22BrClO3/c1-3-23-17(22)18(6-4-5-7-18)11-14(21)9-13-10-16(20)15(19)8-12(13)2/h8,10H,3-7,9,11H2,1-2H3. The van der Waals surface area contributed by atoms with Crippen LogP contribution in [0, 0.1) is 12.3 Å². The van der Waals surface area contributed by atoms with Crippen LogP contribution in [0.5, 0.6) is 0 Å². The normalized spacial score (nSPS) is 16.3. The highest BCUT2D eigenvalue weighted by molar-refractivity contribution is 9.10. The largest absolute Gasteiger partial charge is 0.466 e. The minimum atomic E-state index is -0.611. The van der Waals surface area contributed by atoms with Gasteiger partial charge in [0.25, 0.3) is 0 Å². The molecule has 1 aromatic carbocycles. The molecule has 0 heterocycles. The van der Waals surface area contributed by atoms with E-state index in [9.17, 15) is 9.59 Å². The van der Waals surface area contributed by atoms with E-state index in [0.29, 0.717) is 18.1 Å². The van der Waals surface area contributed by atoms with E-state index in [1.54, 1.807) is 6.92 Å². The van der Waals surface area contributed by atoms with Crippen LogP contribution in [0.1, 0.15) is 50.2 Å². The predicted molar refractivity (Wildman–Crippen MR) is 94.8 cm³/mol. The SMILES string of the molecule is CCOC(=O)C1(CC(=O)Cc2cc(Cl)c(Br)cc2C)CCCC1. The summed E-state index contributed by atoms with van der Waals surface area (Å²) < 4.78 is 6.05. The van der Waals surface area contributed by atoms with Crippen LogP contribution < -0.4 is 0 Å². The molecule has 1 aliphatic rings. The molecule has 23 heavy (non-hydrogen) atoms. The minimum absolute atomic E-state index is 0.0708. The topological polar surface area (TPSA) is 43.4 Å². The third-order valence-electron chi connectivity index (χ3n) is 4.57. The van der Waals surface area contributed by atoms with Gasteiger partial charge in [-0.15, -0.1) is 0 Å². The highest BCUT2D eigenvalue weighted by atomic mass is 79.9. The molecule has 1 aromatic rings. The quantitative estimate of drug-likeness (QED) is 0.627. The first kappa shape index (κ1) is 18.5. The molecule has 0 unspecified atom stereocenters. The molecule has 0 spiro atoms. The second-order valence-corrected chi connectivity index (χ2v) is 7.55. The first-order chi connectivity index (χ1) is 10.9. The average molecular weight is 402 g/mol. The lowest BCUT2D eigenvalue weighted by molar-refractivity contribution is -0.157. The molecule has 2 rings (SSSR count). The van der Waals surface area contributed by atoms with Crippen LogP contribution in [-0.2, 0) is 20.7 Å². The number of carbonyl (C=O) groups is 2. The minimum Gasteiger partial charge on any atom is -0.466 e. The van der Waals surface area contributed by atoms with Gasteiger partial charge in [0, 0.05) is 17.3 Å². The van der Waals surface area contributed by atoms with Gasteiger partial charge in [-0.1, -0.05) is 24.4 Å². The van der Waals surface area contributed by atoms with Gasteiger partial charge in [-0.2, -0.15) is 0 Å². The van der Waals surface area contributed by atoms with Gasteiger partial charge in [-0.3, -0.25) is 9.59 Å². The zero-order valence-corrected chi connectivity index (χ0v) is 15.9. The van der Waals surface area contributed by atoms with Crippen molar-refractivity contribution in [2.45, 2.75) is 52.4 Å². The lowest BCUT2D eigenvalue weighted by Crippen LogP contribution is -2.33. The molecule has 0 aromatic heterocycles. The Labute approximate surface area is 150 Å². The van der Waals surface area contributed by atoms with Gasteiger partial charge in [-0.05, 0) is 65.9 Å². The maximum atomic E-state index is 12.6. The fraction of sp³-hybridized carbons (Fsp3) is 0.556. The van der Waals surface area contributed by atoms with Crippen LogP contribution in [0.3, 0.4) is 0 Å². The molecule has 5 heteroatoms. The highest BCUT2D eigenvalue weighted by Gasteiger charge is 2.43. The van der Waals surface area contributed by atoms with Gasteiger partial charge in [-0.25, -0.2) is 0 Å². The third-order valence-corrected chi connectivity index (χ3v) is 5.77. The van der Waals surface area contributed by atoms with E-state index < -0.39 is 5.41 Å². The van der Waals surface area contributed by atoms with E-state index in [-0.39, 0.29) is 18.2 Å². The van der Waals surface area contributed by atoms with Gasteiger partial charge in [0.15, 0.2) is 0 Å². The van der Waals surface area contributed by atoms with Crippen LogP contribution in [0.15, 0.2) is 16.6 Å². The molecule has 0 radical (unpaired) electrons. The molecule has 0 N–H and O–H groups in total. The van der Waals surface area contributed by atoms with Crippen molar-refractivity contribution < 1.29 is 14.3 Å². The number of rotatable bonds is 6. The van der Waals surface area contributed by atoms with Crippen molar-refractivity contribution in [1.29, 1.82) is 0 Å². The van der Waals surface area contributed by atoms with Crippen molar-refractivity contribution in [3.8, 4) is 0 Å². The third kappa shape index (κ3) is 4.36. The second kappa shape index (κ2) is 7.80. The van der Waals surface area contributed by atoms with E-state index in [2.05, 4.69) is 15.9 Å². The first-order valence-electron chi connectivity index (χ1n) is 8.01. The van der Waals surface area contributed by atoms with Crippen LogP contribution in [0.25, 0.3) is 0 Å². The number of Topliss-reactive ketones (excluding diaryl/α,β-unsaturated/α-hetero) is 1. The Morgan fingerprint density at radius 3 is 2.57 bits per heavy atom.